The number of ether oxygens (including phenoxy) is 2. The van der Waals surface area contributed by atoms with Gasteiger partial charge in [-0.1, -0.05) is 31.7 Å². The zero-order chi connectivity index (χ0) is 23.0. The summed E-state index contributed by atoms with van der Waals surface area (Å²) in [6.45, 7) is 13.2. The molecule has 1 aromatic heterocycles. The van der Waals surface area contributed by atoms with Crippen molar-refractivity contribution in [1.82, 2.24) is 15.3 Å². The third-order valence-electron chi connectivity index (χ3n) is 5.09. The third-order valence-corrected chi connectivity index (χ3v) is 5.64. The molecule has 0 aliphatic carbocycles. The van der Waals surface area contributed by atoms with Gasteiger partial charge in [0.05, 0.1) is 19.3 Å². The van der Waals surface area contributed by atoms with E-state index < -0.39 is 0 Å². The van der Waals surface area contributed by atoms with E-state index in [1.54, 1.807) is 0 Å². The SMILES string of the molecule is CCOc1ccc(C(NC(=O)CCc2c(C)nc(SC)nc2C)C(C)C)cc1OCC. The number of aryl methyl sites for hydroxylation is 2. The fourth-order valence-electron chi connectivity index (χ4n) is 3.54. The lowest BCUT2D eigenvalue weighted by Crippen LogP contribution is -2.32. The van der Waals surface area contributed by atoms with Crippen molar-refractivity contribution >= 4 is 17.7 Å². The second kappa shape index (κ2) is 11.9. The third kappa shape index (κ3) is 6.86. The first kappa shape index (κ1) is 25.0. The summed E-state index contributed by atoms with van der Waals surface area (Å²) in [7, 11) is 0. The topological polar surface area (TPSA) is 73.3 Å². The first-order valence-electron chi connectivity index (χ1n) is 10.9. The van der Waals surface area contributed by atoms with E-state index in [4.69, 9.17) is 9.47 Å². The summed E-state index contributed by atoms with van der Waals surface area (Å²) < 4.78 is 11.4. The molecule has 0 saturated heterocycles. The number of nitrogens with zero attached hydrogens (tertiary/aromatic N) is 2. The van der Waals surface area contributed by atoms with Crippen LogP contribution in [0.25, 0.3) is 0 Å². The summed E-state index contributed by atoms with van der Waals surface area (Å²) in [4.78, 5) is 21.8. The molecule has 31 heavy (non-hydrogen) atoms. The molecule has 1 unspecified atom stereocenters. The fourth-order valence-corrected chi connectivity index (χ4v) is 4.00. The molecule has 1 atom stereocenters. The van der Waals surface area contributed by atoms with Crippen LogP contribution in [-0.4, -0.2) is 35.3 Å². The molecule has 0 aliphatic rings. The van der Waals surface area contributed by atoms with Crippen LogP contribution in [0.3, 0.4) is 0 Å². The van der Waals surface area contributed by atoms with Crippen LogP contribution in [0.4, 0.5) is 0 Å². The molecule has 0 saturated carbocycles. The number of carbonyl (C=O) groups excluding carboxylic acids is 1. The number of benzene rings is 1. The van der Waals surface area contributed by atoms with Gasteiger partial charge in [-0.15, -0.1) is 0 Å². The van der Waals surface area contributed by atoms with E-state index in [1.165, 1.54) is 11.8 Å². The van der Waals surface area contributed by atoms with Gasteiger partial charge in [0.15, 0.2) is 16.7 Å². The molecule has 2 rings (SSSR count). The number of rotatable bonds is 11. The molecule has 1 amide bonds. The Morgan fingerprint density at radius 3 is 2.23 bits per heavy atom. The van der Waals surface area contributed by atoms with Gasteiger partial charge in [-0.2, -0.15) is 0 Å². The highest BCUT2D eigenvalue weighted by molar-refractivity contribution is 7.98. The Kier molecular flexibility index (Phi) is 9.62. The number of carbonyl (C=O) groups is 1. The molecule has 1 heterocycles. The van der Waals surface area contributed by atoms with Crippen LogP contribution in [0.1, 0.15) is 62.7 Å². The molecule has 0 spiro atoms. The van der Waals surface area contributed by atoms with Crippen LogP contribution in [0.15, 0.2) is 23.4 Å². The average molecular weight is 446 g/mol. The molecule has 1 aromatic carbocycles. The molecule has 0 fully saturated rings. The Balaban J connectivity index is 2.13. The van der Waals surface area contributed by atoms with Gasteiger partial charge in [0.2, 0.25) is 5.91 Å². The lowest BCUT2D eigenvalue weighted by molar-refractivity contribution is -0.122. The van der Waals surface area contributed by atoms with Gasteiger partial charge >= 0.3 is 0 Å². The summed E-state index contributed by atoms with van der Waals surface area (Å²) in [6.07, 6.45) is 2.98. The van der Waals surface area contributed by atoms with Gasteiger partial charge in [-0.25, -0.2) is 9.97 Å². The molecule has 0 radical (unpaired) electrons. The van der Waals surface area contributed by atoms with E-state index in [-0.39, 0.29) is 17.9 Å². The minimum atomic E-state index is -0.111. The number of amides is 1. The fraction of sp³-hybridized carbons (Fsp3) is 0.542. The highest BCUT2D eigenvalue weighted by Gasteiger charge is 2.21. The van der Waals surface area contributed by atoms with Gasteiger partial charge in [0, 0.05) is 17.8 Å². The normalized spacial score (nSPS) is 12.0. The zero-order valence-corrected chi connectivity index (χ0v) is 20.6. The number of hydrogen-bond donors (Lipinski definition) is 1. The molecule has 1 N–H and O–H groups in total. The first-order valence-corrected chi connectivity index (χ1v) is 12.1. The lowest BCUT2D eigenvalue weighted by atomic mass is 9.95. The summed E-state index contributed by atoms with van der Waals surface area (Å²) in [6, 6.07) is 5.78. The summed E-state index contributed by atoms with van der Waals surface area (Å²) >= 11 is 1.53. The molecule has 2 aromatic rings. The minimum absolute atomic E-state index is 0.0123. The van der Waals surface area contributed by atoms with Gasteiger partial charge in [-0.3, -0.25) is 4.79 Å². The standard InChI is InChI=1S/C24H35N3O3S/c1-8-29-20-12-10-18(14-21(20)30-9-2)23(15(3)4)27-22(28)13-11-19-16(5)25-24(31-7)26-17(19)6/h10,12,14-15,23H,8-9,11,13H2,1-7H3,(H,27,28). The van der Waals surface area contributed by atoms with E-state index in [2.05, 4.69) is 29.1 Å². The Morgan fingerprint density at radius 1 is 1.06 bits per heavy atom. The van der Waals surface area contributed by atoms with Crippen molar-refractivity contribution in [3.63, 3.8) is 0 Å². The quantitative estimate of drug-likeness (QED) is 0.385. The lowest BCUT2D eigenvalue weighted by Gasteiger charge is -2.24. The predicted octanol–water partition coefficient (Wildman–Crippen LogP) is 5.06. The van der Waals surface area contributed by atoms with Crippen LogP contribution in [0.2, 0.25) is 0 Å². The smallest absolute Gasteiger partial charge is 0.220 e. The number of aromatic nitrogens is 2. The van der Waals surface area contributed by atoms with Crippen LogP contribution in [0, 0.1) is 19.8 Å². The van der Waals surface area contributed by atoms with Crippen LogP contribution in [0.5, 0.6) is 11.5 Å². The molecular formula is C24H35N3O3S. The van der Waals surface area contributed by atoms with Gasteiger partial charge < -0.3 is 14.8 Å². The predicted molar refractivity (Wildman–Crippen MR) is 126 cm³/mol. The van der Waals surface area contributed by atoms with E-state index in [0.717, 1.165) is 33.4 Å². The van der Waals surface area contributed by atoms with Gasteiger partial charge in [0.1, 0.15) is 0 Å². The van der Waals surface area contributed by atoms with E-state index in [9.17, 15) is 4.79 Å². The minimum Gasteiger partial charge on any atom is -0.490 e. The zero-order valence-electron chi connectivity index (χ0n) is 19.7. The van der Waals surface area contributed by atoms with Crippen molar-refractivity contribution in [3.8, 4) is 11.5 Å². The molecule has 170 valence electrons. The molecule has 6 nitrogen and oxygen atoms in total. The summed E-state index contributed by atoms with van der Waals surface area (Å²) in [5, 5.41) is 3.97. The van der Waals surface area contributed by atoms with Crippen molar-refractivity contribution in [2.75, 3.05) is 19.5 Å². The maximum Gasteiger partial charge on any atom is 0.220 e. The molecule has 0 aliphatic heterocycles. The Labute approximate surface area is 190 Å². The summed E-state index contributed by atoms with van der Waals surface area (Å²) in [5.74, 6) is 1.67. The average Bonchev–Trinajstić information content (AvgIpc) is 2.72. The van der Waals surface area contributed by atoms with E-state index in [0.29, 0.717) is 31.8 Å². The number of nitrogens with one attached hydrogen (secondary N) is 1. The van der Waals surface area contributed by atoms with E-state index >= 15 is 0 Å². The molecule has 7 heteroatoms. The van der Waals surface area contributed by atoms with Crippen molar-refractivity contribution in [1.29, 1.82) is 0 Å². The van der Waals surface area contributed by atoms with Crippen LogP contribution >= 0.6 is 11.8 Å². The summed E-state index contributed by atoms with van der Waals surface area (Å²) in [5.41, 5.74) is 3.94. The van der Waals surface area contributed by atoms with Crippen molar-refractivity contribution in [3.05, 3.63) is 40.7 Å². The largest absolute Gasteiger partial charge is 0.490 e. The monoisotopic (exact) mass is 445 g/mol. The van der Waals surface area contributed by atoms with Gasteiger partial charge in [0.25, 0.3) is 0 Å². The Bertz CT molecular complexity index is 863. The highest BCUT2D eigenvalue weighted by Crippen LogP contribution is 2.33. The second-order valence-corrected chi connectivity index (χ2v) is 8.49. The maximum atomic E-state index is 12.8. The Hall–Kier alpha value is -2.28. The second-order valence-electron chi connectivity index (χ2n) is 7.72. The van der Waals surface area contributed by atoms with Gasteiger partial charge in [-0.05, 0) is 69.5 Å². The number of thioether (sulfide) groups is 1. The number of hydrogen-bond acceptors (Lipinski definition) is 6. The first-order chi connectivity index (χ1) is 14.8. The van der Waals surface area contributed by atoms with Crippen molar-refractivity contribution in [2.45, 2.75) is 65.6 Å². The Morgan fingerprint density at radius 2 is 1.68 bits per heavy atom. The molecule has 0 bridgehead atoms. The van der Waals surface area contributed by atoms with Crippen LogP contribution < -0.4 is 14.8 Å². The molecular weight excluding hydrogens is 410 g/mol. The highest BCUT2D eigenvalue weighted by atomic mass is 32.2. The maximum absolute atomic E-state index is 12.8. The van der Waals surface area contributed by atoms with Crippen molar-refractivity contribution < 1.29 is 14.3 Å². The van der Waals surface area contributed by atoms with Crippen molar-refractivity contribution in [2.24, 2.45) is 5.92 Å². The van der Waals surface area contributed by atoms with Crippen LogP contribution in [-0.2, 0) is 11.2 Å². The van der Waals surface area contributed by atoms with E-state index in [1.807, 2.05) is 52.1 Å².